The van der Waals surface area contributed by atoms with Crippen molar-refractivity contribution in [1.29, 1.82) is 0 Å². The number of carbonyl (C=O) groups is 1. The van der Waals surface area contributed by atoms with Crippen molar-refractivity contribution in [2.75, 3.05) is 7.05 Å². The monoisotopic (exact) mass is 290 g/mol. The van der Waals surface area contributed by atoms with Crippen LogP contribution in [0.5, 0.6) is 0 Å². The molecule has 5 aliphatic rings. The molecule has 0 aromatic carbocycles. The van der Waals surface area contributed by atoms with Gasteiger partial charge in [0.25, 0.3) is 0 Å². The van der Waals surface area contributed by atoms with Crippen LogP contribution < -0.4 is 5.32 Å². The van der Waals surface area contributed by atoms with Crippen molar-refractivity contribution >= 4 is 6.03 Å². The first-order valence-corrected chi connectivity index (χ1v) is 9.18. The fourth-order valence-corrected chi connectivity index (χ4v) is 6.21. The highest BCUT2D eigenvalue weighted by Gasteiger charge is 2.51. The van der Waals surface area contributed by atoms with Crippen molar-refractivity contribution < 1.29 is 4.79 Å². The fourth-order valence-electron chi connectivity index (χ4n) is 6.21. The molecule has 0 unspecified atom stereocenters. The Morgan fingerprint density at radius 3 is 2.00 bits per heavy atom. The summed E-state index contributed by atoms with van der Waals surface area (Å²) < 4.78 is 0. The van der Waals surface area contributed by atoms with Crippen LogP contribution in [0.4, 0.5) is 4.79 Å². The van der Waals surface area contributed by atoms with E-state index in [-0.39, 0.29) is 11.6 Å². The second kappa shape index (κ2) is 5.17. The normalized spacial score (nSPS) is 42.0. The first kappa shape index (κ1) is 13.9. The van der Waals surface area contributed by atoms with Crippen LogP contribution in [-0.2, 0) is 0 Å². The molecule has 0 heterocycles. The van der Waals surface area contributed by atoms with Gasteiger partial charge < -0.3 is 10.2 Å². The van der Waals surface area contributed by atoms with Crippen molar-refractivity contribution in [2.24, 2.45) is 17.8 Å². The zero-order chi connectivity index (χ0) is 14.4. The average molecular weight is 290 g/mol. The van der Waals surface area contributed by atoms with Crippen molar-refractivity contribution in [3.63, 3.8) is 0 Å². The van der Waals surface area contributed by atoms with Crippen molar-refractivity contribution in [3.8, 4) is 0 Å². The summed E-state index contributed by atoms with van der Waals surface area (Å²) in [4.78, 5) is 14.8. The smallest absolute Gasteiger partial charge is 0.317 e. The zero-order valence-electron chi connectivity index (χ0n) is 13.4. The number of carbonyl (C=O) groups excluding carboxylic acids is 1. The molecule has 5 aliphatic carbocycles. The summed E-state index contributed by atoms with van der Waals surface area (Å²) in [6.07, 6.45) is 14.4. The van der Waals surface area contributed by atoms with Crippen molar-refractivity contribution in [1.82, 2.24) is 10.2 Å². The van der Waals surface area contributed by atoms with E-state index in [2.05, 4.69) is 5.32 Å². The van der Waals surface area contributed by atoms with Gasteiger partial charge in [-0.3, -0.25) is 0 Å². The van der Waals surface area contributed by atoms with Gasteiger partial charge in [0.1, 0.15) is 0 Å². The van der Waals surface area contributed by atoms with Gasteiger partial charge in [-0.1, -0.05) is 19.3 Å². The summed E-state index contributed by atoms with van der Waals surface area (Å²) >= 11 is 0. The van der Waals surface area contributed by atoms with Gasteiger partial charge in [0, 0.05) is 18.6 Å². The summed E-state index contributed by atoms with van der Waals surface area (Å²) in [6.45, 7) is 0. The van der Waals surface area contributed by atoms with Gasteiger partial charge in [-0.05, 0) is 69.1 Å². The summed E-state index contributed by atoms with van der Waals surface area (Å²) in [5, 5.41) is 3.51. The molecule has 0 radical (unpaired) electrons. The van der Waals surface area contributed by atoms with Gasteiger partial charge in [0.2, 0.25) is 0 Å². The molecule has 21 heavy (non-hydrogen) atoms. The predicted octanol–water partition coefficient (Wildman–Crippen LogP) is 3.93. The van der Waals surface area contributed by atoms with Gasteiger partial charge >= 0.3 is 6.03 Å². The number of amides is 2. The Balaban J connectivity index is 1.42. The predicted molar refractivity (Wildman–Crippen MR) is 84.1 cm³/mol. The molecule has 3 nitrogen and oxygen atoms in total. The Morgan fingerprint density at radius 2 is 1.48 bits per heavy atom. The standard InChI is InChI=1S/C18H30N2O/c1-20(16-5-3-2-4-6-16)17(21)19-18-10-13-7-14(11-18)9-15(8-13)12-18/h13-16H,2-12H2,1H3,(H,19,21). The lowest BCUT2D eigenvalue weighted by Gasteiger charge is -2.57. The van der Waals surface area contributed by atoms with Crippen LogP contribution in [0.3, 0.4) is 0 Å². The second-order valence-corrected chi connectivity index (χ2v) is 8.53. The van der Waals surface area contributed by atoms with E-state index >= 15 is 0 Å². The number of urea groups is 1. The summed E-state index contributed by atoms with van der Waals surface area (Å²) in [7, 11) is 2.02. The van der Waals surface area contributed by atoms with E-state index in [9.17, 15) is 4.79 Å². The third-order valence-electron chi connectivity index (χ3n) is 6.85. The first-order chi connectivity index (χ1) is 10.1. The topological polar surface area (TPSA) is 32.3 Å². The van der Waals surface area contributed by atoms with E-state index in [1.165, 1.54) is 70.6 Å². The SMILES string of the molecule is CN(C(=O)NC12CC3CC(CC(C3)C1)C2)C1CCCCC1. The van der Waals surface area contributed by atoms with Gasteiger partial charge in [-0.15, -0.1) is 0 Å². The van der Waals surface area contributed by atoms with Crippen molar-refractivity contribution in [2.45, 2.75) is 82.2 Å². The highest BCUT2D eigenvalue weighted by atomic mass is 16.2. The van der Waals surface area contributed by atoms with Crippen LogP contribution >= 0.6 is 0 Å². The average Bonchev–Trinajstić information content (AvgIpc) is 2.45. The summed E-state index contributed by atoms with van der Waals surface area (Å²) in [5.41, 5.74) is 0.161. The van der Waals surface area contributed by atoms with Gasteiger partial charge in [0.05, 0.1) is 0 Å². The second-order valence-electron chi connectivity index (χ2n) is 8.53. The molecule has 5 rings (SSSR count). The van der Waals surface area contributed by atoms with Gasteiger partial charge in [-0.25, -0.2) is 4.79 Å². The zero-order valence-corrected chi connectivity index (χ0v) is 13.4. The Morgan fingerprint density at radius 1 is 0.952 bits per heavy atom. The van der Waals surface area contributed by atoms with Gasteiger partial charge in [-0.2, -0.15) is 0 Å². The highest BCUT2D eigenvalue weighted by molar-refractivity contribution is 5.75. The van der Waals surface area contributed by atoms with Crippen LogP contribution in [0, 0.1) is 17.8 Å². The minimum absolute atomic E-state index is 0.161. The third kappa shape index (κ3) is 2.57. The van der Waals surface area contributed by atoms with E-state index < -0.39 is 0 Å². The lowest BCUT2D eigenvalue weighted by molar-refractivity contribution is -0.0161. The van der Waals surface area contributed by atoms with Crippen LogP contribution in [0.15, 0.2) is 0 Å². The molecule has 0 atom stereocenters. The summed E-state index contributed by atoms with van der Waals surface area (Å²) in [5.74, 6) is 2.70. The Hall–Kier alpha value is -0.730. The molecule has 0 aromatic rings. The maximum Gasteiger partial charge on any atom is 0.317 e. The molecule has 5 fully saturated rings. The quantitative estimate of drug-likeness (QED) is 0.821. The molecule has 1 N–H and O–H groups in total. The number of hydrogen-bond donors (Lipinski definition) is 1. The molecular formula is C18H30N2O. The van der Waals surface area contributed by atoms with E-state index in [4.69, 9.17) is 0 Å². The largest absolute Gasteiger partial charge is 0.333 e. The van der Waals surface area contributed by atoms with Crippen LogP contribution in [0.25, 0.3) is 0 Å². The van der Waals surface area contributed by atoms with Crippen LogP contribution in [-0.4, -0.2) is 29.6 Å². The molecule has 0 saturated heterocycles. The third-order valence-corrected chi connectivity index (χ3v) is 6.85. The molecule has 2 amide bonds. The van der Waals surface area contributed by atoms with E-state index in [0.29, 0.717) is 6.04 Å². The number of nitrogens with one attached hydrogen (secondary N) is 1. The first-order valence-electron chi connectivity index (χ1n) is 9.18. The van der Waals surface area contributed by atoms with E-state index in [0.717, 1.165) is 17.8 Å². The number of rotatable bonds is 2. The van der Waals surface area contributed by atoms with Crippen molar-refractivity contribution in [3.05, 3.63) is 0 Å². The lowest BCUT2D eigenvalue weighted by atomic mass is 9.53. The summed E-state index contributed by atoms with van der Waals surface area (Å²) in [6, 6.07) is 0.691. The molecule has 5 saturated carbocycles. The van der Waals surface area contributed by atoms with Crippen LogP contribution in [0.2, 0.25) is 0 Å². The highest BCUT2D eigenvalue weighted by Crippen LogP contribution is 2.55. The molecule has 118 valence electrons. The Labute approximate surface area is 128 Å². The van der Waals surface area contributed by atoms with E-state index in [1.54, 1.807) is 0 Å². The Kier molecular flexibility index (Phi) is 3.42. The number of nitrogens with zero attached hydrogens (tertiary/aromatic N) is 1. The number of hydrogen-bond acceptors (Lipinski definition) is 1. The van der Waals surface area contributed by atoms with Crippen LogP contribution in [0.1, 0.15) is 70.6 Å². The minimum Gasteiger partial charge on any atom is -0.333 e. The Bertz CT molecular complexity index is 378. The van der Waals surface area contributed by atoms with Gasteiger partial charge in [0.15, 0.2) is 0 Å². The van der Waals surface area contributed by atoms with E-state index in [1.807, 2.05) is 11.9 Å². The molecular weight excluding hydrogens is 260 g/mol. The molecule has 4 bridgehead atoms. The fraction of sp³-hybridized carbons (Fsp3) is 0.944. The lowest BCUT2D eigenvalue weighted by Crippen LogP contribution is -2.62. The maximum atomic E-state index is 12.7. The molecule has 0 spiro atoms. The minimum atomic E-state index is 0.161. The maximum absolute atomic E-state index is 12.7. The molecule has 3 heteroatoms. The molecule has 0 aromatic heterocycles. The molecule has 0 aliphatic heterocycles.